The van der Waals surface area contributed by atoms with Gasteiger partial charge < -0.3 is 15.4 Å². The quantitative estimate of drug-likeness (QED) is 0.797. The van der Waals surface area contributed by atoms with Gasteiger partial charge >= 0.3 is 0 Å². The summed E-state index contributed by atoms with van der Waals surface area (Å²) in [7, 11) is 3.36. The molecule has 94 valence electrons. The monoisotopic (exact) mass is 236 g/mol. The Balaban J connectivity index is 2.78. The zero-order valence-electron chi connectivity index (χ0n) is 10.7. The number of nitrogens with two attached hydrogens (primary N) is 1. The zero-order valence-corrected chi connectivity index (χ0v) is 10.7. The van der Waals surface area contributed by atoms with Gasteiger partial charge in [-0.15, -0.1) is 0 Å². The molecule has 2 N–H and O–H groups in total. The van der Waals surface area contributed by atoms with Crippen LogP contribution in [-0.2, 0) is 0 Å². The van der Waals surface area contributed by atoms with Gasteiger partial charge in [-0.1, -0.05) is 13.3 Å². The van der Waals surface area contributed by atoms with Crippen LogP contribution in [0.1, 0.15) is 30.1 Å². The molecule has 1 rings (SSSR count). The van der Waals surface area contributed by atoms with E-state index in [0.29, 0.717) is 17.0 Å². The third-order valence-electron chi connectivity index (χ3n) is 2.67. The second-order valence-corrected chi connectivity index (χ2v) is 4.04. The molecule has 0 aliphatic carbocycles. The molecular weight excluding hydrogens is 216 g/mol. The second-order valence-electron chi connectivity index (χ2n) is 4.04. The minimum Gasteiger partial charge on any atom is -0.495 e. The van der Waals surface area contributed by atoms with E-state index in [9.17, 15) is 4.79 Å². The predicted octanol–water partition coefficient (Wildman–Crippen LogP) is 2.15. The first-order chi connectivity index (χ1) is 8.10. The molecule has 4 nitrogen and oxygen atoms in total. The number of rotatable bonds is 5. The van der Waals surface area contributed by atoms with Crippen LogP contribution in [-0.4, -0.2) is 31.5 Å². The lowest BCUT2D eigenvalue weighted by Crippen LogP contribution is -2.27. The normalized spacial score (nSPS) is 10.1. The largest absolute Gasteiger partial charge is 0.495 e. The molecule has 1 aromatic carbocycles. The van der Waals surface area contributed by atoms with E-state index in [4.69, 9.17) is 10.5 Å². The minimum absolute atomic E-state index is 0.00666. The summed E-state index contributed by atoms with van der Waals surface area (Å²) in [5, 5.41) is 0. The second kappa shape index (κ2) is 6.13. The molecule has 0 unspecified atom stereocenters. The maximum Gasteiger partial charge on any atom is 0.253 e. The lowest BCUT2D eigenvalue weighted by atomic mass is 10.1. The van der Waals surface area contributed by atoms with E-state index in [2.05, 4.69) is 6.92 Å². The molecular formula is C13H20N2O2. The van der Waals surface area contributed by atoms with Gasteiger partial charge in [0.25, 0.3) is 5.91 Å². The molecule has 0 aromatic heterocycles. The molecule has 0 spiro atoms. The first-order valence-corrected chi connectivity index (χ1v) is 5.79. The Kier molecular flexibility index (Phi) is 4.82. The fraction of sp³-hybridized carbons (Fsp3) is 0.462. The number of hydrogen-bond acceptors (Lipinski definition) is 3. The van der Waals surface area contributed by atoms with Gasteiger partial charge in [-0.3, -0.25) is 4.79 Å². The molecule has 0 aliphatic heterocycles. The van der Waals surface area contributed by atoms with Gasteiger partial charge in [-0.25, -0.2) is 0 Å². The van der Waals surface area contributed by atoms with Crippen molar-refractivity contribution in [2.24, 2.45) is 0 Å². The summed E-state index contributed by atoms with van der Waals surface area (Å²) in [6.45, 7) is 2.87. The van der Waals surface area contributed by atoms with E-state index in [0.717, 1.165) is 19.4 Å². The van der Waals surface area contributed by atoms with Crippen LogP contribution in [0.25, 0.3) is 0 Å². The maximum atomic E-state index is 12.0. The molecule has 4 heteroatoms. The molecule has 0 heterocycles. The van der Waals surface area contributed by atoms with E-state index in [1.54, 1.807) is 37.3 Å². The van der Waals surface area contributed by atoms with Crippen LogP contribution in [0.15, 0.2) is 18.2 Å². The van der Waals surface area contributed by atoms with E-state index in [1.807, 2.05) is 0 Å². The lowest BCUT2D eigenvalue weighted by molar-refractivity contribution is 0.0793. The number of carbonyl (C=O) groups is 1. The van der Waals surface area contributed by atoms with E-state index >= 15 is 0 Å². The summed E-state index contributed by atoms with van der Waals surface area (Å²) in [6.07, 6.45) is 2.08. The Morgan fingerprint density at radius 3 is 2.71 bits per heavy atom. The van der Waals surface area contributed by atoms with Crippen molar-refractivity contribution >= 4 is 11.6 Å². The molecule has 0 aliphatic rings. The van der Waals surface area contributed by atoms with Gasteiger partial charge in [0.15, 0.2) is 0 Å². The Labute approximate surface area is 102 Å². The average Bonchev–Trinajstić information content (AvgIpc) is 2.34. The molecule has 0 saturated heterocycles. The van der Waals surface area contributed by atoms with Gasteiger partial charge in [0.1, 0.15) is 5.75 Å². The summed E-state index contributed by atoms with van der Waals surface area (Å²) in [5.74, 6) is 0.588. The molecule has 1 amide bonds. The van der Waals surface area contributed by atoms with Crippen LogP contribution >= 0.6 is 0 Å². The number of nitrogens with zero attached hydrogens (tertiary/aromatic N) is 1. The molecule has 1 aromatic rings. The van der Waals surface area contributed by atoms with Crippen LogP contribution < -0.4 is 10.5 Å². The number of ether oxygens (including phenoxy) is 1. The van der Waals surface area contributed by atoms with Crippen molar-refractivity contribution in [1.82, 2.24) is 4.90 Å². The average molecular weight is 236 g/mol. The third kappa shape index (κ3) is 3.37. The standard InChI is InChI=1S/C13H20N2O2/c1-4-5-8-15(2)13(16)10-6-7-12(17-3)11(14)9-10/h6-7,9H,4-5,8,14H2,1-3H3. The molecule has 0 bridgehead atoms. The number of nitrogen functional groups attached to an aromatic ring is 1. The number of anilines is 1. The van der Waals surface area contributed by atoms with Crippen LogP contribution in [0.2, 0.25) is 0 Å². The molecule has 0 fully saturated rings. The smallest absolute Gasteiger partial charge is 0.253 e. The number of benzene rings is 1. The van der Waals surface area contributed by atoms with Crippen molar-refractivity contribution in [3.63, 3.8) is 0 Å². The first-order valence-electron chi connectivity index (χ1n) is 5.79. The summed E-state index contributed by atoms with van der Waals surface area (Å²) in [6, 6.07) is 5.11. The van der Waals surface area contributed by atoms with Gasteiger partial charge in [-0.2, -0.15) is 0 Å². The van der Waals surface area contributed by atoms with Gasteiger partial charge in [-0.05, 0) is 24.6 Å². The number of hydrogen-bond donors (Lipinski definition) is 1. The van der Waals surface area contributed by atoms with Gasteiger partial charge in [0.05, 0.1) is 12.8 Å². The SMILES string of the molecule is CCCCN(C)C(=O)c1ccc(OC)c(N)c1. The fourth-order valence-corrected chi connectivity index (χ4v) is 1.58. The van der Waals surface area contributed by atoms with Gasteiger partial charge in [0, 0.05) is 19.2 Å². The topological polar surface area (TPSA) is 55.6 Å². The van der Waals surface area contributed by atoms with Crippen molar-refractivity contribution in [2.75, 3.05) is 26.4 Å². The predicted molar refractivity (Wildman–Crippen MR) is 69.3 cm³/mol. The van der Waals surface area contributed by atoms with Crippen molar-refractivity contribution in [3.05, 3.63) is 23.8 Å². The summed E-state index contributed by atoms with van der Waals surface area (Å²) in [5.41, 5.74) is 6.86. The van der Waals surface area contributed by atoms with Crippen LogP contribution in [0.3, 0.4) is 0 Å². The zero-order chi connectivity index (χ0) is 12.8. The Bertz CT molecular complexity index is 391. The van der Waals surface area contributed by atoms with Crippen LogP contribution in [0, 0.1) is 0 Å². The Morgan fingerprint density at radius 2 is 2.18 bits per heavy atom. The maximum absolute atomic E-state index is 12.0. The van der Waals surface area contributed by atoms with Crippen molar-refractivity contribution in [2.45, 2.75) is 19.8 Å². The highest BCUT2D eigenvalue weighted by molar-refractivity contribution is 5.95. The van der Waals surface area contributed by atoms with Crippen molar-refractivity contribution < 1.29 is 9.53 Å². The number of amides is 1. The highest BCUT2D eigenvalue weighted by Crippen LogP contribution is 2.22. The molecule has 17 heavy (non-hydrogen) atoms. The van der Waals surface area contributed by atoms with E-state index in [1.165, 1.54) is 0 Å². The van der Waals surface area contributed by atoms with Crippen molar-refractivity contribution in [3.8, 4) is 5.75 Å². The highest BCUT2D eigenvalue weighted by Gasteiger charge is 2.12. The van der Waals surface area contributed by atoms with E-state index in [-0.39, 0.29) is 5.91 Å². The Hall–Kier alpha value is -1.71. The summed E-state index contributed by atoms with van der Waals surface area (Å²) >= 11 is 0. The summed E-state index contributed by atoms with van der Waals surface area (Å²) < 4.78 is 5.06. The van der Waals surface area contributed by atoms with E-state index < -0.39 is 0 Å². The fourth-order valence-electron chi connectivity index (χ4n) is 1.58. The highest BCUT2D eigenvalue weighted by atomic mass is 16.5. The summed E-state index contributed by atoms with van der Waals surface area (Å²) in [4.78, 5) is 13.7. The van der Waals surface area contributed by atoms with Crippen molar-refractivity contribution in [1.29, 1.82) is 0 Å². The van der Waals surface area contributed by atoms with Crippen LogP contribution in [0.4, 0.5) is 5.69 Å². The number of carbonyl (C=O) groups excluding carboxylic acids is 1. The number of unbranched alkanes of at least 4 members (excludes halogenated alkanes) is 1. The number of methoxy groups -OCH3 is 1. The molecule has 0 atom stereocenters. The first kappa shape index (κ1) is 13.4. The molecule has 0 radical (unpaired) electrons. The van der Waals surface area contributed by atoms with Crippen LogP contribution in [0.5, 0.6) is 5.75 Å². The minimum atomic E-state index is -0.00666. The molecule has 0 saturated carbocycles. The third-order valence-corrected chi connectivity index (χ3v) is 2.67. The lowest BCUT2D eigenvalue weighted by Gasteiger charge is -2.17. The Morgan fingerprint density at radius 1 is 1.47 bits per heavy atom. The van der Waals surface area contributed by atoms with Gasteiger partial charge in [0.2, 0.25) is 0 Å².